The van der Waals surface area contributed by atoms with Crippen LogP contribution in [0.15, 0.2) is 42.7 Å². The molecule has 0 amide bonds. The second-order valence-corrected chi connectivity index (χ2v) is 4.84. The molecule has 5 heteroatoms. The van der Waals surface area contributed by atoms with Crippen molar-refractivity contribution in [3.05, 3.63) is 48.3 Å². The quantitative estimate of drug-likeness (QED) is 0.723. The molecule has 114 valence electrons. The van der Waals surface area contributed by atoms with Crippen LogP contribution in [0.25, 0.3) is 10.9 Å². The van der Waals surface area contributed by atoms with Gasteiger partial charge in [-0.25, -0.2) is 9.97 Å². The topological polar surface area (TPSA) is 67.3 Å². The number of nitrogens with zero attached hydrogens (tertiary/aromatic N) is 2. The van der Waals surface area contributed by atoms with Gasteiger partial charge in [-0.15, -0.1) is 6.42 Å². The normalized spacial score (nSPS) is 10.3. The van der Waals surface area contributed by atoms with E-state index >= 15 is 0 Å². The molecule has 1 heterocycles. The smallest absolute Gasteiger partial charge is 0.163 e. The molecule has 0 bridgehead atoms. The average Bonchev–Trinajstić information content (AvgIpc) is 2.57. The van der Waals surface area contributed by atoms with E-state index < -0.39 is 0 Å². The van der Waals surface area contributed by atoms with Gasteiger partial charge in [0, 0.05) is 22.7 Å². The Bertz CT molecular complexity index is 900. The number of phenolic OH excluding ortho intramolecular Hbond substituents is 1. The summed E-state index contributed by atoms with van der Waals surface area (Å²) in [6, 6.07) is 10.7. The monoisotopic (exact) mass is 305 g/mol. The first kappa shape index (κ1) is 14.7. The van der Waals surface area contributed by atoms with Crippen molar-refractivity contribution in [2.24, 2.45) is 0 Å². The molecule has 3 rings (SSSR count). The number of fused-ring (bicyclic) bond motifs is 1. The highest BCUT2D eigenvalue weighted by molar-refractivity contribution is 5.93. The number of ether oxygens (including phenoxy) is 1. The summed E-state index contributed by atoms with van der Waals surface area (Å²) in [5.74, 6) is 3.63. The molecule has 0 radical (unpaired) electrons. The Morgan fingerprint density at radius 1 is 1.26 bits per heavy atom. The third-order valence-electron chi connectivity index (χ3n) is 3.31. The van der Waals surface area contributed by atoms with Crippen molar-refractivity contribution in [3.8, 4) is 23.8 Å². The van der Waals surface area contributed by atoms with E-state index in [-0.39, 0.29) is 5.75 Å². The molecule has 0 unspecified atom stereocenters. The molecule has 0 atom stereocenters. The lowest BCUT2D eigenvalue weighted by Crippen LogP contribution is -1.97. The lowest BCUT2D eigenvalue weighted by atomic mass is 10.2. The standard InChI is InChI=1S/C18H15N3O2/c1-3-12-6-5-7-13(8-12)21-18-14-9-16(22)17(23-4-2)10-15(14)19-11-20-18/h1,5-11,22H,4H2,2H3,(H,19,20,21). The Morgan fingerprint density at radius 3 is 2.91 bits per heavy atom. The number of benzene rings is 2. The Kier molecular flexibility index (Phi) is 3.98. The van der Waals surface area contributed by atoms with E-state index in [2.05, 4.69) is 21.2 Å². The van der Waals surface area contributed by atoms with Gasteiger partial charge in [0.1, 0.15) is 12.1 Å². The highest BCUT2D eigenvalue weighted by atomic mass is 16.5. The second-order valence-electron chi connectivity index (χ2n) is 4.84. The molecule has 0 aliphatic heterocycles. The van der Waals surface area contributed by atoms with Gasteiger partial charge in [-0.1, -0.05) is 12.0 Å². The van der Waals surface area contributed by atoms with Gasteiger partial charge in [-0.3, -0.25) is 0 Å². The number of aromatic hydroxyl groups is 1. The summed E-state index contributed by atoms with van der Waals surface area (Å²) in [6.07, 6.45) is 6.88. The molecular formula is C18H15N3O2. The zero-order valence-corrected chi connectivity index (χ0v) is 12.6. The Balaban J connectivity index is 2.04. The summed E-state index contributed by atoms with van der Waals surface area (Å²) in [4.78, 5) is 8.48. The molecule has 23 heavy (non-hydrogen) atoms. The van der Waals surface area contributed by atoms with E-state index in [0.29, 0.717) is 29.1 Å². The van der Waals surface area contributed by atoms with E-state index in [1.54, 1.807) is 12.1 Å². The van der Waals surface area contributed by atoms with E-state index in [0.717, 1.165) is 11.3 Å². The van der Waals surface area contributed by atoms with Gasteiger partial charge in [-0.05, 0) is 31.2 Å². The van der Waals surface area contributed by atoms with Crippen molar-refractivity contribution >= 4 is 22.4 Å². The maximum Gasteiger partial charge on any atom is 0.163 e. The van der Waals surface area contributed by atoms with Crippen LogP contribution in [0, 0.1) is 12.3 Å². The van der Waals surface area contributed by atoms with Gasteiger partial charge >= 0.3 is 0 Å². The van der Waals surface area contributed by atoms with Gasteiger partial charge < -0.3 is 15.2 Å². The number of aromatic nitrogens is 2. The van der Waals surface area contributed by atoms with Crippen molar-refractivity contribution in [2.75, 3.05) is 11.9 Å². The number of hydrogen-bond donors (Lipinski definition) is 2. The fraction of sp³-hybridized carbons (Fsp3) is 0.111. The van der Waals surface area contributed by atoms with E-state index in [4.69, 9.17) is 11.2 Å². The molecule has 3 aromatic rings. The summed E-state index contributed by atoms with van der Waals surface area (Å²) >= 11 is 0. The van der Waals surface area contributed by atoms with Crippen LogP contribution < -0.4 is 10.1 Å². The van der Waals surface area contributed by atoms with Crippen molar-refractivity contribution in [3.63, 3.8) is 0 Å². The van der Waals surface area contributed by atoms with Crippen molar-refractivity contribution < 1.29 is 9.84 Å². The average molecular weight is 305 g/mol. The first-order valence-corrected chi connectivity index (χ1v) is 7.15. The lowest BCUT2D eigenvalue weighted by Gasteiger charge is -2.11. The van der Waals surface area contributed by atoms with Gasteiger partial charge in [0.25, 0.3) is 0 Å². The number of anilines is 2. The minimum atomic E-state index is 0.0505. The Morgan fingerprint density at radius 2 is 2.13 bits per heavy atom. The predicted octanol–water partition coefficient (Wildman–Crippen LogP) is 3.46. The molecule has 0 aliphatic rings. The molecule has 2 N–H and O–H groups in total. The second kappa shape index (κ2) is 6.24. The maximum atomic E-state index is 10.1. The molecular weight excluding hydrogens is 290 g/mol. The van der Waals surface area contributed by atoms with Gasteiger partial charge in [-0.2, -0.15) is 0 Å². The largest absolute Gasteiger partial charge is 0.504 e. The molecule has 0 aliphatic carbocycles. The third kappa shape index (κ3) is 3.01. The molecule has 0 saturated heterocycles. The maximum absolute atomic E-state index is 10.1. The van der Waals surface area contributed by atoms with Crippen LogP contribution in [0.1, 0.15) is 12.5 Å². The number of rotatable bonds is 4. The lowest BCUT2D eigenvalue weighted by molar-refractivity contribution is 0.319. The number of terminal acetylenes is 1. The molecule has 5 nitrogen and oxygen atoms in total. The highest BCUT2D eigenvalue weighted by Crippen LogP contribution is 2.33. The summed E-state index contributed by atoms with van der Waals surface area (Å²) in [7, 11) is 0. The Labute approximate surface area is 134 Å². The predicted molar refractivity (Wildman–Crippen MR) is 90.0 cm³/mol. The van der Waals surface area contributed by atoms with Crippen molar-refractivity contribution in [2.45, 2.75) is 6.92 Å². The van der Waals surface area contributed by atoms with Gasteiger partial charge in [0.05, 0.1) is 12.1 Å². The van der Waals surface area contributed by atoms with Crippen molar-refractivity contribution in [1.29, 1.82) is 0 Å². The Hall–Kier alpha value is -3.26. The molecule has 1 aromatic heterocycles. The van der Waals surface area contributed by atoms with Crippen LogP contribution in [-0.2, 0) is 0 Å². The molecule has 0 spiro atoms. The van der Waals surface area contributed by atoms with Gasteiger partial charge in [0.2, 0.25) is 0 Å². The van der Waals surface area contributed by atoms with Gasteiger partial charge in [0.15, 0.2) is 11.5 Å². The SMILES string of the molecule is C#Cc1cccc(Nc2ncnc3cc(OCC)c(O)cc23)c1. The molecule has 0 saturated carbocycles. The number of phenols is 1. The summed E-state index contributed by atoms with van der Waals surface area (Å²) < 4.78 is 5.38. The summed E-state index contributed by atoms with van der Waals surface area (Å²) in [5, 5.41) is 14.0. The highest BCUT2D eigenvalue weighted by Gasteiger charge is 2.10. The molecule has 0 fully saturated rings. The third-order valence-corrected chi connectivity index (χ3v) is 3.31. The van der Waals surface area contributed by atoms with Crippen LogP contribution in [0.3, 0.4) is 0 Å². The van der Waals surface area contributed by atoms with E-state index in [1.165, 1.54) is 6.33 Å². The van der Waals surface area contributed by atoms with E-state index in [1.807, 2.05) is 31.2 Å². The van der Waals surface area contributed by atoms with Crippen LogP contribution in [0.2, 0.25) is 0 Å². The van der Waals surface area contributed by atoms with Crippen LogP contribution in [0.4, 0.5) is 11.5 Å². The van der Waals surface area contributed by atoms with E-state index in [9.17, 15) is 5.11 Å². The van der Waals surface area contributed by atoms with Crippen molar-refractivity contribution in [1.82, 2.24) is 9.97 Å². The van der Waals surface area contributed by atoms with Crippen LogP contribution in [0.5, 0.6) is 11.5 Å². The summed E-state index contributed by atoms with van der Waals surface area (Å²) in [6.45, 7) is 2.32. The summed E-state index contributed by atoms with van der Waals surface area (Å²) in [5.41, 5.74) is 2.26. The molecule has 2 aromatic carbocycles. The minimum absolute atomic E-state index is 0.0505. The number of nitrogens with one attached hydrogen (secondary N) is 1. The zero-order chi connectivity index (χ0) is 16.2. The van der Waals surface area contributed by atoms with Crippen LogP contribution >= 0.6 is 0 Å². The van der Waals surface area contributed by atoms with Crippen LogP contribution in [-0.4, -0.2) is 21.7 Å². The first-order chi connectivity index (χ1) is 11.2. The zero-order valence-electron chi connectivity index (χ0n) is 12.6. The first-order valence-electron chi connectivity index (χ1n) is 7.15. The minimum Gasteiger partial charge on any atom is -0.504 e. The fourth-order valence-corrected chi connectivity index (χ4v) is 2.27. The number of hydrogen-bond acceptors (Lipinski definition) is 5. The fourth-order valence-electron chi connectivity index (χ4n) is 2.27.